The molecule has 4 rings (SSSR count). The summed E-state index contributed by atoms with van der Waals surface area (Å²) in [6, 6.07) is 13.9. The molecule has 0 fully saturated rings. The number of carbonyl (C=O) groups is 2. The van der Waals surface area contributed by atoms with Gasteiger partial charge >= 0.3 is 0 Å². The number of amides is 1. The number of hydrogen-bond donors (Lipinski definition) is 3. The van der Waals surface area contributed by atoms with Gasteiger partial charge in [-0.15, -0.1) is 0 Å². The Kier molecular flexibility index (Phi) is 2.75. The molecule has 3 N–H and O–H groups in total. The Hall–Kier alpha value is -2.82. The van der Waals surface area contributed by atoms with Gasteiger partial charge < -0.3 is 16.0 Å². The molecule has 2 aromatic rings. The average molecular weight is 307 g/mol. The number of benzene rings is 2. The van der Waals surface area contributed by atoms with Crippen LogP contribution in [0.15, 0.2) is 42.5 Å². The largest absolute Gasteiger partial charge is 0.360 e. The van der Waals surface area contributed by atoms with E-state index in [0.717, 1.165) is 22.5 Å². The maximum atomic E-state index is 12.2. The van der Waals surface area contributed by atoms with Crippen LogP contribution in [0.2, 0.25) is 0 Å². The summed E-state index contributed by atoms with van der Waals surface area (Å²) in [4.78, 5) is 24.3. The number of anilines is 3. The lowest BCUT2D eigenvalue weighted by molar-refractivity contribution is -0.130. The fourth-order valence-electron chi connectivity index (χ4n) is 3.23. The van der Waals surface area contributed by atoms with E-state index in [9.17, 15) is 9.59 Å². The molecule has 2 heterocycles. The summed E-state index contributed by atoms with van der Waals surface area (Å²) in [5, 5.41) is 9.64. The van der Waals surface area contributed by atoms with Crippen molar-refractivity contribution in [1.82, 2.24) is 0 Å². The molecule has 0 saturated carbocycles. The Labute approximate surface area is 134 Å². The van der Waals surface area contributed by atoms with Gasteiger partial charge in [0.25, 0.3) is 0 Å². The molecule has 2 unspecified atom stereocenters. The third-order valence-electron chi connectivity index (χ3n) is 4.84. The maximum Gasteiger partial charge on any atom is 0.242 e. The van der Waals surface area contributed by atoms with Gasteiger partial charge in [0.05, 0.1) is 11.4 Å². The minimum atomic E-state index is -1.11. The molecule has 116 valence electrons. The van der Waals surface area contributed by atoms with E-state index in [0.29, 0.717) is 5.69 Å². The van der Waals surface area contributed by atoms with Crippen molar-refractivity contribution in [3.05, 3.63) is 53.6 Å². The molecule has 2 aliphatic heterocycles. The van der Waals surface area contributed by atoms with Crippen LogP contribution < -0.4 is 16.0 Å². The molecule has 5 nitrogen and oxygen atoms in total. The second-order valence-corrected chi connectivity index (χ2v) is 6.21. The van der Waals surface area contributed by atoms with Crippen LogP contribution in [0.1, 0.15) is 31.1 Å². The van der Waals surface area contributed by atoms with Crippen molar-refractivity contribution in [3.63, 3.8) is 0 Å². The Morgan fingerprint density at radius 2 is 1.70 bits per heavy atom. The van der Waals surface area contributed by atoms with Crippen LogP contribution in [0.25, 0.3) is 0 Å². The Morgan fingerprint density at radius 1 is 1.04 bits per heavy atom. The highest BCUT2D eigenvalue weighted by atomic mass is 16.2. The molecule has 1 amide bonds. The lowest BCUT2D eigenvalue weighted by Gasteiger charge is -2.18. The van der Waals surface area contributed by atoms with E-state index in [2.05, 4.69) is 16.0 Å². The van der Waals surface area contributed by atoms with E-state index in [4.69, 9.17) is 0 Å². The van der Waals surface area contributed by atoms with Gasteiger partial charge in [0.1, 0.15) is 17.4 Å². The van der Waals surface area contributed by atoms with Gasteiger partial charge in [-0.25, -0.2) is 0 Å². The number of hydrogen-bond acceptors (Lipinski definition) is 4. The predicted octanol–water partition coefficient (Wildman–Crippen LogP) is 3.02. The highest BCUT2D eigenvalue weighted by Crippen LogP contribution is 2.46. The standard InChI is InChI=1S/C18H17N3O2/c1-10(22)18(2)12-8-14-15(9-13(12)21-17(18)23)20-16(19-14)11-6-4-3-5-7-11/h3-9,16,19-20H,1-2H3,(H,21,23). The van der Waals surface area contributed by atoms with Crippen molar-refractivity contribution in [3.8, 4) is 0 Å². The van der Waals surface area contributed by atoms with Gasteiger partial charge in [0.2, 0.25) is 5.91 Å². The Balaban J connectivity index is 1.74. The lowest BCUT2D eigenvalue weighted by atomic mass is 9.80. The van der Waals surface area contributed by atoms with E-state index in [1.165, 1.54) is 6.92 Å². The van der Waals surface area contributed by atoms with E-state index in [-0.39, 0.29) is 17.9 Å². The molecule has 2 aromatic carbocycles. The van der Waals surface area contributed by atoms with E-state index < -0.39 is 5.41 Å². The molecule has 0 aromatic heterocycles. The topological polar surface area (TPSA) is 70.2 Å². The third-order valence-corrected chi connectivity index (χ3v) is 4.84. The zero-order valence-electron chi connectivity index (χ0n) is 12.9. The normalized spacial score (nSPS) is 24.3. The number of carbonyl (C=O) groups excluding carboxylic acids is 2. The second-order valence-electron chi connectivity index (χ2n) is 6.21. The van der Waals surface area contributed by atoms with E-state index >= 15 is 0 Å². The van der Waals surface area contributed by atoms with Crippen LogP contribution in [0.5, 0.6) is 0 Å². The maximum absolute atomic E-state index is 12.2. The first kappa shape index (κ1) is 13.8. The molecular weight excluding hydrogens is 290 g/mol. The first-order chi connectivity index (χ1) is 11.0. The molecule has 0 spiro atoms. The van der Waals surface area contributed by atoms with Crippen molar-refractivity contribution in [1.29, 1.82) is 0 Å². The summed E-state index contributed by atoms with van der Waals surface area (Å²) in [5.74, 6) is -0.414. The molecule has 23 heavy (non-hydrogen) atoms. The highest BCUT2D eigenvalue weighted by Gasteiger charge is 2.47. The zero-order chi connectivity index (χ0) is 16.2. The molecule has 0 bridgehead atoms. The summed E-state index contributed by atoms with van der Waals surface area (Å²) in [5.41, 5.74) is 3.28. The minimum absolute atomic E-state index is 0.0204. The molecule has 2 aliphatic rings. The third kappa shape index (κ3) is 1.86. The van der Waals surface area contributed by atoms with Gasteiger partial charge in [0.15, 0.2) is 0 Å². The fourth-order valence-corrected chi connectivity index (χ4v) is 3.23. The minimum Gasteiger partial charge on any atom is -0.360 e. The number of ketones is 1. The number of rotatable bonds is 2. The van der Waals surface area contributed by atoms with Crippen molar-refractivity contribution in [2.75, 3.05) is 16.0 Å². The van der Waals surface area contributed by atoms with Gasteiger partial charge in [-0.3, -0.25) is 9.59 Å². The Morgan fingerprint density at radius 3 is 2.35 bits per heavy atom. The van der Waals surface area contributed by atoms with Crippen molar-refractivity contribution < 1.29 is 9.59 Å². The van der Waals surface area contributed by atoms with Crippen LogP contribution in [-0.2, 0) is 15.0 Å². The molecule has 0 saturated heterocycles. The van der Waals surface area contributed by atoms with Gasteiger partial charge in [-0.05, 0) is 31.5 Å². The van der Waals surface area contributed by atoms with E-state index in [1.807, 2.05) is 42.5 Å². The molecule has 2 atom stereocenters. The van der Waals surface area contributed by atoms with Crippen molar-refractivity contribution in [2.24, 2.45) is 0 Å². The summed E-state index contributed by atoms with van der Waals surface area (Å²) in [6.45, 7) is 3.14. The monoisotopic (exact) mass is 307 g/mol. The SMILES string of the molecule is CC(=O)C1(C)C(=O)Nc2cc3c(cc21)NC(c1ccccc1)N3. The van der Waals surface area contributed by atoms with Crippen LogP contribution in [0, 0.1) is 0 Å². The van der Waals surface area contributed by atoms with Crippen molar-refractivity contribution in [2.45, 2.75) is 25.4 Å². The number of nitrogens with one attached hydrogen (secondary N) is 3. The Bertz CT molecular complexity index is 832. The van der Waals surface area contributed by atoms with Crippen LogP contribution in [-0.4, -0.2) is 11.7 Å². The molecular formula is C18H17N3O2. The highest BCUT2D eigenvalue weighted by molar-refractivity contribution is 6.21. The summed E-state index contributed by atoms with van der Waals surface area (Å²) < 4.78 is 0. The first-order valence-electron chi connectivity index (χ1n) is 7.59. The first-order valence-corrected chi connectivity index (χ1v) is 7.59. The van der Waals surface area contributed by atoms with Crippen LogP contribution in [0.3, 0.4) is 0 Å². The van der Waals surface area contributed by atoms with Gasteiger partial charge in [-0.2, -0.15) is 0 Å². The van der Waals surface area contributed by atoms with Gasteiger partial charge in [-0.1, -0.05) is 30.3 Å². The quantitative estimate of drug-likeness (QED) is 0.746. The number of fused-ring (bicyclic) bond motifs is 2. The van der Waals surface area contributed by atoms with Crippen LogP contribution >= 0.6 is 0 Å². The van der Waals surface area contributed by atoms with Gasteiger partial charge in [0, 0.05) is 11.3 Å². The van der Waals surface area contributed by atoms with Crippen LogP contribution in [0.4, 0.5) is 17.1 Å². The van der Waals surface area contributed by atoms with E-state index in [1.54, 1.807) is 6.92 Å². The summed E-state index contributed by atoms with van der Waals surface area (Å²) in [7, 11) is 0. The smallest absolute Gasteiger partial charge is 0.242 e. The summed E-state index contributed by atoms with van der Waals surface area (Å²) in [6.07, 6.45) is -0.0204. The fraction of sp³-hybridized carbons (Fsp3) is 0.222. The molecule has 0 aliphatic carbocycles. The zero-order valence-corrected chi connectivity index (χ0v) is 12.9. The molecule has 0 radical (unpaired) electrons. The number of Topliss-reactive ketones (excluding diaryl/α,β-unsaturated/α-hetero) is 1. The lowest BCUT2D eigenvalue weighted by Crippen LogP contribution is -2.37. The predicted molar refractivity (Wildman–Crippen MR) is 89.5 cm³/mol. The summed E-state index contributed by atoms with van der Waals surface area (Å²) >= 11 is 0. The molecule has 5 heteroatoms. The van der Waals surface area contributed by atoms with Crippen molar-refractivity contribution >= 4 is 28.8 Å². The average Bonchev–Trinajstić information content (AvgIpc) is 3.06. The second kappa shape index (κ2) is 4.59.